The van der Waals surface area contributed by atoms with Gasteiger partial charge >= 0.3 is 0 Å². The predicted molar refractivity (Wildman–Crippen MR) is 158 cm³/mol. The van der Waals surface area contributed by atoms with E-state index in [1.54, 1.807) is 30.3 Å². The molecule has 0 aliphatic rings. The highest BCUT2D eigenvalue weighted by atomic mass is 35.5. The second kappa shape index (κ2) is 13.3. The maximum Gasteiger partial charge on any atom is 0.269 e. The Hall–Kier alpha value is -4.47. The fraction of sp³-hybridized carbons (Fsp3) is 0.226. The number of nitrogens with zero attached hydrogens (tertiary/aromatic N) is 1. The van der Waals surface area contributed by atoms with Gasteiger partial charge in [0, 0.05) is 37.2 Å². The minimum atomic E-state index is -0.925. The van der Waals surface area contributed by atoms with E-state index in [9.17, 15) is 19.7 Å². The van der Waals surface area contributed by atoms with Crippen molar-refractivity contribution in [2.75, 3.05) is 7.05 Å². The van der Waals surface area contributed by atoms with Crippen LogP contribution in [0.25, 0.3) is 11.3 Å². The molecule has 0 saturated heterocycles. The molecule has 0 aliphatic carbocycles. The van der Waals surface area contributed by atoms with E-state index in [2.05, 4.69) is 54.1 Å². The molecule has 0 aliphatic heterocycles. The Morgan fingerprint density at radius 3 is 2.37 bits per heavy atom. The summed E-state index contributed by atoms with van der Waals surface area (Å²) in [6, 6.07) is 22.1. The molecular formula is C31H31ClN4O5. The summed E-state index contributed by atoms with van der Waals surface area (Å²) in [6.07, 6.45) is 0.135. The van der Waals surface area contributed by atoms with E-state index < -0.39 is 22.8 Å². The molecule has 4 aromatic rings. The number of aryl methyl sites for hydroxylation is 1. The number of likely N-dealkylation sites (N-methyl/N-ethyl adjacent to an activating group) is 1. The molecular weight excluding hydrogens is 544 g/mol. The van der Waals surface area contributed by atoms with Gasteiger partial charge in [-0.1, -0.05) is 53.6 Å². The van der Waals surface area contributed by atoms with E-state index in [-0.39, 0.29) is 28.7 Å². The standard InChI is InChI=1S/C31H31ClN4O5/c1-19-4-8-22(9-5-19)20(2)34-18-25-13-15-29(41-25)23-10-14-27(32)26(17-23)30(37)35-28(31(38)33-3)16-21-6-11-24(12-7-21)36(39)40/h4-15,17,20,28,34H,16,18H2,1-3H3,(H,33,38)(H,35,37)/t20-,28-/m1/s1. The van der Waals surface area contributed by atoms with Crippen LogP contribution >= 0.6 is 11.6 Å². The normalized spacial score (nSPS) is 12.4. The zero-order chi connectivity index (χ0) is 29.5. The first kappa shape index (κ1) is 29.5. The van der Waals surface area contributed by atoms with E-state index in [0.717, 1.165) is 5.76 Å². The van der Waals surface area contributed by atoms with Crippen LogP contribution in [0, 0.1) is 17.0 Å². The number of carbonyl (C=O) groups is 2. The molecule has 4 rings (SSSR count). The molecule has 0 bridgehead atoms. The Bertz CT molecular complexity index is 1530. The summed E-state index contributed by atoms with van der Waals surface area (Å²) >= 11 is 6.37. The van der Waals surface area contributed by atoms with Gasteiger partial charge in [-0.25, -0.2) is 0 Å². The fourth-order valence-electron chi connectivity index (χ4n) is 4.32. The second-order valence-electron chi connectivity index (χ2n) is 9.74. The number of carbonyl (C=O) groups excluding carboxylic acids is 2. The van der Waals surface area contributed by atoms with Gasteiger partial charge in [0.1, 0.15) is 17.6 Å². The van der Waals surface area contributed by atoms with Crippen molar-refractivity contribution in [3.05, 3.63) is 122 Å². The molecule has 1 heterocycles. The van der Waals surface area contributed by atoms with Crippen molar-refractivity contribution in [1.82, 2.24) is 16.0 Å². The molecule has 10 heteroatoms. The van der Waals surface area contributed by atoms with Gasteiger partial charge in [0.05, 0.1) is 22.1 Å². The van der Waals surface area contributed by atoms with E-state index >= 15 is 0 Å². The number of amides is 2. The van der Waals surface area contributed by atoms with E-state index in [1.165, 1.54) is 30.3 Å². The average molecular weight is 575 g/mol. The van der Waals surface area contributed by atoms with Crippen molar-refractivity contribution < 1.29 is 18.9 Å². The number of rotatable bonds is 11. The van der Waals surface area contributed by atoms with Crippen molar-refractivity contribution >= 4 is 29.1 Å². The lowest BCUT2D eigenvalue weighted by molar-refractivity contribution is -0.384. The van der Waals surface area contributed by atoms with Gasteiger partial charge in [0.25, 0.3) is 11.6 Å². The third-order valence-corrected chi connectivity index (χ3v) is 7.10. The van der Waals surface area contributed by atoms with Crippen LogP contribution in [-0.4, -0.2) is 29.8 Å². The molecule has 212 valence electrons. The quantitative estimate of drug-likeness (QED) is 0.154. The van der Waals surface area contributed by atoms with Gasteiger partial charge in [0.2, 0.25) is 5.91 Å². The lowest BCUT2D eigenvalue weighted by atomic mass is 10.0. The van der Waals surface area contributed by atoms with E-state index in [1.807, 2.05) is 12.1 Å². The molecule has 2 amide bonds. The SMILES string of the molecule is CNC(=O)[C@@H](Cc1ccc([N+](=O)[O-])cc1)NC(=O)c1cc(-c2ccc(CN[C@H](C)c3ccc(C)cc3)o2)ccc1Cl. The minimum absolute atomic E-state index is 0.0597. The number of nitro benzene ring substituents is 1. The molecule has 41 heavy (non-hydrogen) atoms. The number of benzene rings is 3. The van der Waals surface area contributed by atoms with Crippen LogP contribution < -0.4 is 16.0 Å². The molecule has 3 aromatic carbocycles. The monoisotopic (exact) mass is 574 g/mol. The number of hydrogen-bond donors (Lipinski definition) is 3. The number of halogens is 1. The first-order valence-corrected chi connectivity index (χ1v) is 13.5. The summed E-state index contributed by atoms with van der Waals surface area (Å²) in [5.74, 6) is 0.367. The topological polar surface area (TPSA) is 127 Å². The highest BCUT2D eigenvalue weighted by molar-refractivity contribution is 6.34. The van der Waals surface area contributed by atoms with Crippen molar-refractivity contribution in [1.29, 1.82) is 0 Å². The van der Waals surface area contributed by atoms with Gasteiger partial charge in [-0.3, -0.25) is 19.7 Å². The zero-order valence-electron chi connectivity index (χ0n) is 22.9. The Morgan fingerprint density at radius 2 is 1.71 bits per heavy atom. The number of non-ortho nitro benzene ring substituents is 1. The van der Waals surface area contributed by atoms with Crippen LogP contribution in [0.2, 0.25) is 5.02 Å². The number of hydrogen-bond acceptors (Lipinski definition) is 6. The Morgan fingerprint density at radius 1 is 1.00 bits per heavy atom. The second-order valence-corrected chi connectivity index (χ2v) is 10.1. The Labute approximate surface area is 243 Å². The van der Waals surface area contributed by atoms with Crippen LogP contribution in [0.1, 0.15) is 45.8 Å². The van der Waals surface area contributed by atoms with E-state index in [0.29, 0.717) is 23.4 Å². The summed E-state index contributed by atoms with van der Waals surface area (Å²) in [4.78, 5) is 36.2. The number of furan rings is 1. The van der Waals surface area contributed by atoms with Gasteiger partial charge in [-0.15, -0.1) is 0 Å². The zero-order valence-corrected chi connectivity index (χ0v) is 23.7. The first-order chi connectivity index (χ1) is 19.6. The van der Waals surface area contributed by atoms with Crippen LogP contribution in [0.3, 0.4) is 0 Å². The lowest BCUT2D eigenvalue weighted by Crippen LogP contribution is -2.47. The van der Waals surface area contributed by atoms with Gasteiger partial charge in [-0.05, 0) is 55.3 Å². The molecule has 0 saturated carbocycles. The summed E-state index contributed by atoms with van der Waals surface area (Å²) in [6.45, 7) is 4.67. The maximum absolute atomic E-state index is 13.2. The fourth-order valence-corrected chi connectivity index (χ4v) is 4.52. The summed E-state index contributed by atoms with van der Waals surface area (Å²) in [5.41, 5.74) is 3.82. The summed E-state index contributed by atoms with van der Waals surface area (Å²) in [5, 5.41) is 19.9. The van der Waals surface area contributed by atoms with Crippen molar-refractivity contribution in [3.8, 4) is 11.3 Å². The molecule has 0 spiro atoms. The predicted octanol–water partition coefficient (Wildman–Crippen LogP) is 5.75. The summed E-state index contributed by atoms with van der Waals surface area (Å²) < 4.78 is 6.04. The first-order valence-electron chi connectivity index (χ1n) is 13.1. The molecule has 1 aromatic heterocycles. The lowest BCUT2D eigenvalue weighted by Gasteiger charge is -2.18. The van der Waals surface area contributed by atoms with E-state index in [4.69, 9.17) is 16.0 Å². The highest BCUT2D eigenvalue weighted by Gasteiger charge is 2.23. The smallest absolute Gasteiger partial charge is 0.269 e. The third kappa shape index (κ3) is 7.59. The maximum atomic E-state index is 13.2. The molecule has 0 radical (unpaired) electrons. The average Bonchev–Trinajstić information content (AvgIpc) is 3.45. The Balaban J connectivity index is 1.45. The van der Waals surface area contributed by atoms with Gasteiger partial charge < -0.3 is 20.4 Å². The number of nitro groups is 1. The van der Waals surface area contributed by atoms with Crippen molar-refractivity contribution in [2.45, 2.75) is 38.9 Å². The molecule has 9 nitrogen and oxygen atoms in total. The third-order valence-electron chi connectivity index (χ3n) is 6.77. The van der Waals surface area contributed by atoms with Gasteiger partial charge in [-0.2, -0.15) is 0 Å². The highest BCUT2D eigenvalue weighted by Crippen LogP contribution is 2.27. The minimum Gasteiger partial charge on any atom is -0.460 e. The van der Waals surface area contributed by atoms with Crippen LogP contribution in [0.15, 0.2) is 83.3 Å². The molecule has 0 unspecified atom stereocenters. The number of nitrogens with one attached hydrogen (secondary N) is 3. The van der Waals surface area contributed by atoms with Crippen LogP contribution in [0.5, 0.6) is 0 Å². The largest absolute Gasteiger partial charge is 0.460 e. The van der Waals surface area contributed by atoms with Crippen molar-refractivity contribution in [3.63, 3.8) is 0 Å². The van der Waals surface area contributed by atoms with Gasteiger partial charge in [0.15, 0.2) is 0 Å². The molecule has 3 N–H and O–H groups in total. The molecule has 0 fully saturated rings. The van der Waals surface area contributed by atoms with Crippen LogP contribution in [0.4, 0.5) is 5.69 Å². The Kier molecular flexibility index (Phi) is 9.54. The van der Waals surface area contributed by atoms with Crippen LogP contribution in [-0.2, 0) is 17.8 Å². The molecule has 2 atom stereocenters. The van der Waals surface area contributed by atoms with Crippen molar-refractivity contribution in [2.24, 2.45) is 0 Å². The summed E-state index contributed by atoms with van der Waals surface area (Å²) in [7, 11) is 1.47.